The molecule has 1 aromatic carbocycles. The molecule has 0 amide bonds. The molecular weight excluding hydrogens is 226 g/mol. The summed E-state index contributed by atoms with van der Waals surface area (Å²) in [7, 11) is 1.61. The molecule has 18 heavy (non-hydrogen) atoms. The van der Waals surface area contributed by atoms with E-state index in [1.165, 1.54) is 18.4 Å². The smallest absolute Gasteiger partial charge is 0.232 e. The van der Waals surface area contributed by atoms with Crippen LogP contribution in [0.4, 0.5) is 0 Å². The summed E-state index contributed by atoms with van der Waals surface area (Å²) in [6.07, 6.45) is 5.30. The van der Waals surface area contributed by atoms with Crippen molar-refractivity contribution < 1.29 is 4.74 Å². The van der Waals surface area contributed by atoms with E-state index in [1.54, 1.807) is 13.3 Å². The van der Waals surface area contributed by atoms with Gasteiger partial charge in [0.05, 0.1) is 24.3 Å². The number of hydrogen-bond acceptors (Lipinski definition) is 4. The van der Waals surface area contributed by atoms with Crippen LogP contribution in [0.15, 0.2) is 24.4 Å². The third kappa shape index (κ3) is 2.29. The van der Waals surface area contributed by atoms with Gasteiger partial charge in [0.2, 0.25) is 5.88 Å². The average molecular weight is 243 g/mol. The molecule has 0 saturated carbocycles. The lowest BCUT2D eigenvalue weighted by molar-refractivity contribution is 0.397. The second-order valence-corrected chi connectivity index (χ2v) is 4.73. The van der Waals surface area contributed by atoms with Gasteiger partial charge < -0.3 is 10.1 Å². The first-order chi connectivity index (χ1) is 8.85. The molecule has 1 saturated heterocycles. The van der Waals surface area contributed by atoms with Crippen molar-refractivity contribution in [2.24, 2.45) is 0 Å². The van der Waals surface area contributed by atoms with Gasteiger partial charge in [0.15, 0.2) is 0 Å². The quantitative estimate of drug-likeness (QED) is 0.895. The Morgan fingerprint density at radius 1 is 1.39 bits per heavy atom. The van der Waals surface area contributed by atoms with Gasteiger partial charge in [0, 0.05) is 6.04 Å². The summed E-state index contributed by atoms with van der Waals surface area (Å²) in [4.78, 5) is 8.75. The molecule has 1 N–H and O–H groups in total. The molecule has 0 bridgehead atoms. The summed E-state index contributed by atoms with van der Waals surface area (Å²) >= 11 is 0. The van der Waals surface area contributed by atoms with Crippen molar-refractivity contribution in [2.75, 3.05) is 13.7 Å². The lowest BCUT2D eigenvalue weighted by Gasteiger charge is -2.10. The second-order valence-electron chi connectivity index (χ2n) is 4.73. The van der Waals surface area contributed by atoms with Crippen LogP contribution >= 0.6 is 0 Å². The Morgan fingerprint density at radius 2 is 2.33 bits per heavy atom. The zero-order chi connectivity index (χ0) is 12.4. The van der Waals surface area contributed by atoms with E-state index in [-0.39, 0.29) is 0 Å². The highest BCUT2D eigenvalue weighted by molar-refractivity contribution is 5.75. The van der Waals surface area contributed by atoms with Crippen molar-refractivity contribution in [3.63, 3.8) is 0 Å². The average Bonchev–Trinajstić information content (AvgIpc) is 2.91. The molecule has 4 heteroatoms. The number of benzene rings is 1. The fourth-order valence-corrected chi connectivity index (χ4v) is 2.48. The summed E-state index contributed by atoms with van der Waals surface area (Å²) < 4.78 is 5.08. The number of hydrogen-bond donors (Lipinski definition) is 1. The predicted octanol–water partition coefficient (Wildman–Crippen LogP) is 1.93. The maximum Gasteiger partial charge on any atom is 0.232 e. The summed E-state index contributed by atoms with van der Waals surface area (Å²) in [5.41, 5.74) is 3.14. The lowest BCUT2D eigenvalue weighted by Crippen LogP contribution is -2.23. The summed E-state index contributed by atoms with van der Waals surface area (Å²) in [6, 6.07) is 6.90. The SMILES string of the molecule is COc1cnc2cc(CC3CCCN3)ccc2n1. The molecule has 1 aromatic heterocycles. The van der Waals surface area contributed by atoms with Crippen molar-refractivity contribution in [1.82, 2.24) is 15.3 Å². The molecule has 1 aliphatic heterocycles. The van der Waals surface area contributed by atoms with E-state index >= 15 is 0 Å². The van der Waals surface area contributed by atoms with Crippen LogP contribution in [0.2, 0.25) is 0 Å². The molecule has 0 radical (unpaired) electrons. The van der Waals surface area contributed by atoms with Gasteiger partial charge in [0.1, 0.15) is 0 Å². The normalized spacial score (nSPS) is 19.3. The minimum absolute atomic E-state index is 0.563. The number of rotatable bonds is 3. The van der Waals surface area contributed by atoms with E-state index in [2.05, 4.69) is 27.4 Å². The highest BCUT2D eigenvalue weighted by Crippen LogP contribution is 2.18. The molecule has 0 spiro atoms. The Morgan fingerprint density at radius 3 is 3.11 bits per heavy atom. The van der Waals surface area contributed by atoms with Crippen molar-refractivity contribution in [2.45, 2.75) is 25.3 Å². The van der Waals surface area contributed by atoms with Gasteiger partial charge in [-0.3, -0.25) is 0 Å². The van der Waals surface area contributed by atoms with E-state index < -0.39 is 0 Å². The standard InChI is InChI=1S/C14H17N3O/c1-18-14-9-16-13-8-10(4-5-12(13)17-14)7-11-3-2-6-15-11/h4-5,8-9,11,15H,2-3,6-7H2,1H3. The first-order valence-corrected chi connectivity index (χ1v) is 6.38. The fourth-order valence-electron chi connectivity index (χ4n) is 2.48. The van der Waals surface area contributed by atoms with E-state index in [0.717, 1.165) is 24.0 Å². The van der Waals surface area contributed by atoms with Gasteiger partial charge in [0.25, 0.3) is 0 Å². The predicted molar refractivity (Wildman–Crippen MR) is 70.8 cm³/mol. The van der Waals surface area contributed by atoms with E-state index in [0.29, 0.717) is 11.9 Å². The van der Waals surface area contributed by atoms with Gasteiger partial charge in [-0.1, -0.05) is 6.07 Å². The number of aromatic nitrogens is 2. The highest BCUT2D eigenvalue weighted by Gasteiger charge is 2.14. The number of nitrogens with zero attached hydrogens (tertiary/aromatic N) is 2. The minimum Gasteiger partial charge on any atom is -0.480 e. The molecule has 2 heterocycles. The van der Waals surface area contributed by atoms with Gasteiger partial charge >= 0.3 is 0 Å². The third-order valence-electron chi connectivity index (χ3n) is 3.44. The van der Waals surface area contributed by atoms with Crippen molar-refractivity contribution in [3.8, 4) is 5.88 Å². The van der Waals surface area contributed by atoms with E-state index in [4.69, 9.17) is 4.74 Å². The summed E-state index contributed by atoms with van der Waals surface area (Å²) in [6.45, 7) is 1.15. The van der Waals surface area contributed by atoms with Gasteiger partial charge in [-0.25, -0.2) is 9.97 Å². The molecule has 94 valence electrons. The topological polar surface area (TPSA) is 47.0 Å². The number of methoxy groups -OCH3 is 1. The van der Waals surface area contributed by atoms with Crippen LogP contribution in [0.25, 0.3) is 11.0 Å². The van der Waals surface area contributed by atoms with Crippen LogP contribution in [-0.4, -0.2) is 29.7 Å². The van der Waals surface area contributed by atoms with Gasteiger partial charge in [-0.15, -0.1) is 0 Å². The third-order valence-corrected chi connectivity index (χ3v) is 3.44. The van der Waals surface area contributed by atoms with Crippen LogP contribution in [0.1, 0.15) is 18.4 Å². The molecule has 3 rings (SSSR count). The number of fused-ring (bicyclic) bond motifs is 1. The maximum absolute atomic E-state index is 5.08. The molecule has 1 fully saturated rings. The van der Waals surface area contributed by atoms with Crippen LogP contribution < -0.4 is 10.1 Å². The highest BCUT2D eigenvalue weighted by atomic mass is 16.5. The maximum atomic E-state index is 5.08. The van der Waals surface area contributed by atoms with Crippen molar-refractivity contribution >= 4 is 11.0 Å². The Labute approximate surface area is 106 Å². The first-order valence-electron chi connectivity index (χ1n) is 6.38. The minimum atomic E-state index is 0.563. The fraction of sp³-hybridized carbons (Fsp3) is 0.429. The monoisotopic (exact) mass is 243 g/mol. The molecule has 2 aromatic rings. The Bertz CT molecular complexity index is 550. The van der Waals surface area contributed by atoms with E-state index in [9.17, 15) is 0 Å². The largest absolute Gasteiger partial charge is 0.480 e. The van der Waals surface area contributed by atoms with Crippen LogP contribution in [0.3, 0.4) is 0 Å². The Hall–Kier alpha value is -1.68. The van der Waals surface area contributed by atoms with Crippen molar-refractivity contribution in [1.29, 1.82) is 0 Å². The number of nitrogens with one attached hydrogen (secondary N) is 1. The molecule has 4 nitrogen and oxygen atoms in total. The molecule has 1 unspecified atom stereocenters. The molecular formula is C14H17N3O. The second kappa shape index (κ2) is 4.90. The number of ether oxygens (including phenoxy) is 1. The lowest BCUT2D eigenvalue weighted by atomic mass is 10.0. The zero-order valence-electron chi connectivity index (χ0n) is 10.5. The van der Waals surface area contributed by atoms with Crippen LogP contribution in [-0.2, 0) is 6.42 Å². The molecule has 0 aliphatic carbocycles. The first kappa shape index (κ1) is 11.4. The van der Waals surface area contributed by atoms with Gasteiger partial charge in [-0.2, -0.15) is 0 Å². The Balaban J connectivity index is 1.86. The molecule has 1 aliphatic rings. The zero-order valence-corrected chi connectivity index (χ0v) is 10.5. The Kier molecular flexibility index (Phi) is 3.11. The van der Waals surface area contributed by atoms with Gasteiger partial charge in [-0.05, 0) is 43.5 Å². The van der Waals surface area contributed by atoms with Crippen LogP contribution in [0.5, 0.6) is 5.88 Å². The van der Waals surface area contributed by atoms with E-state index in [1.807, 2.05) is 6.07 Å². The van der Waals surface area contributed by atoms with Crippen molar-refractivity contribution in [3.05, 3.63) is 30.0 Å². The summed E-state index contributed by atoms with van der Waals surface area (Å²) in [5, 5.41) is 3.52. The molecule has 1 atom stereocenters. The van der Waals surface area contributed by atoms with Crippen LogP contribution in [0, 0.1) is 0 Å². The summed E-state index contributed by atoms with van der Waals surface area (Å²) in [5.74, 6) is 0.563.